The Morgan fingerprint density at radius 2 is 1.89 bits per heavy atom. The van der Waals surface area contributed by atoms with Crippen LogP contribution in [0.4, 0.5) is 0 Å². The van der Waals surface area contributed by atoms with Crippen molar-refractivity contribution < 1.29 is 4.79 Å². The van der Waals surface area contributed by atoms with Crippen LogP contribution in [0, 0.1) is 0 Å². The summed E-state index contributed by atoms with van der Waals surface area (Å²) in [5, 5.41) is 10.2. The van der Waals surface area contributed by atoms with E-state index in [-0.39, 0.29) is 5.91 Å². The summed E-state index contributed by atoms with van der Waals surface area (Å²) in [6.07, 6.45) is 9.77. The van der Waals surface area contributed by atoms with Crippen molar-refractivity contribution in [2.75, 3.05) is 0 Å². The summed E-state index contributed by atoms with van der Waals surface area (Å²) < 4.78 is 0. The monoisotopic (exact) mass is 247 g/mol. The summed E-state index contributed by atoms with van der Waals surface area (Å²) in [5.41, 5.74) is 1.68. The summed E-state index contributed by atoms with van der Waals surface area (Å²) in [6, 6.07) is 2.27. The number of amides is 1. The fourth-order valence-electron chi connectivity index (χ4n) is 2.74. The van der Waals surface area contributed by atoms with Crippen LogP contribution in [0.3, 0.4) is 0 Å². The molecule has 2 aliphatic carbocycles. The number of aromatic amines is 1. The van der Waals surface area contributed by atoms with Gasteiger partial charge in [0.25, 0.3) is 5.91 Å². The van der Waals surface area contributed by atoms with Gasteiger partial charge in [-0.25, -0.2) is 0 Å². The van der Waals surface area contributed by atoms with E-state index >= 15 is 0 Å². The second-order valence-electron chi connectivity index (χ2n) is 5.64. The number of hydrogen-bond donors (Lipinski definition) is 2. The molecule has 0 unspecified atom stereocenters. The van der Waals surface area contributed by atoms with Gasteiger partial charge in [0.1, 0.15) is 5.69 Å². The van der Waals surface area contributed by atoms with Gasteiger partial charge in [-0.05, 0) is 31.7 Å². The molecule has 18 heavy (non-hydrogen) atoms. The third-order valence-electron chi connectivity index (χ3n) is 4.04. The highest BCUT2D eigenvalue weighted by Gasteiger charge is 2.26. The average Bonchev–Trinajstić information content (AvgIpc) is 3.15. The van der Waals surface area contributed by atoms with Crippen LogP contribution in [0.1, 0.15) is 73.5 Å². The van der Waals surface area contributed by atoms with Crippen molar-refractivity contribution >= 4 is 5.91 Å². The van der Waals surface area contributed by atoms with E-state index in [0.29, 0.717) is 17.7 Å². The molecule has 0 spiro atoms. The molecule has 1 aromatic heterocycles. The summed E-state index contributed by atoms with van der Waals surface area (Å²) in [7, 11) is 0. The highest BCUT2D eigenvalue weighted by molar-refractivity contribution is 5.92. The van der Waals surface area contributed by atoms with Gasteiger partial charge >= 0.3 is 0 Å². The SMILES string of the molecule is O=C(NC1CCCCCC1)c1cc(C2CC2)[nH]n1. The van der Waals surface area contributed by atoms with Crippen molar-refractivity contribution in [2.45, 2.75) is 63.3 Å². The number of nitrogens with one attached hydrogen (secondary N) is 2. The van der Waals surface area contributed by atoms with Gasteiger partial charge in [-0.1, -0.05) is 25.7 Å². The van der Waals surface area contributed by atoms with Crippen molar-refractivity contribution in [1.29, 1.82) is 0 Å². The van der Waals surface area contributed by atoms with Crippen molar-refractivity contribution in [3.63, 3.8) is 0 Å². The van der Waals surface area contributed by atoms with Crippen LogP contribution in [0.15, 0.2) is 6.07 Å². The highest BCUT2D eigenvalue weighted by atomic mass is 16.2. The molecule has 0 radical (unpaired) electrons. The standard InChI is InChI=1S/C14H21N3O/c18-14(15-11-5-3-1-2-4-6-11)13-9-12(16-17-13)10-7-8-10/h9-11H,1-8H2,(H,15,18)(H,16,17). The molecule has 0 saturated heterocycles. The van der Waals surface area contributed by atoms with E-state index in [9.17, 15) is 4.79 Å². The lowest BCUT2D eigenvalue weighted by molar-refractivity contribution is 0.0928. The molecular formula is C14H21N3O. The lowest BCUT2D eigenvalue weighted by Gasteiger charge is -2.14. The molecule has 1 heterocycles. The summed E-state index contributed by atoms with van der Waals surface area (Å²) in [5.74, 6) is 0.613. The van der Waals surface area contributed by atoms with Crippen molar-refractivity contribution in [1.82, 2.24) is 15.5 Å². The first-order chi connectivity index (χ1) is 8.83. The number of aromatic nitrogens is 2. The smallest absolute Gasteiger partial charge is 0.271 e. The number of carbonyl (C=O) groups is 1. The first-order valence-corrected chi connectivity index (χ1v) is 7.19. The average molecular weight is 247 g/mol. The van der Waals surface area contributed by atoms with Crippen LogP contribution in [0.5, 0.6) is 0 Å². The fourth-order valence-corrected chi connectivity index (χ4v) is 2.74. The van der Waals surface area contributed by atoms with Crippen molar-refractivity contribution in [2.24, 2.45) is 0 Å². The maximum absolute atomic E-state index is 12.1. The summed E-state index contributed by atoms with van der Waals surface area (Å²) in [4.78, 5) is 12.1. The Balaban J connectivity index is 1.58. The Kier molecular flexibility index (Phi) is 3.35. The van der Waals surface area contributed by atoms with Gasteiger partial charge in [0.05, 0.1) is 0 Å². The van der Waals surface area contributed by atoms with E-state index in [1.807, 2.05) is 6.07 Å². The minimum Gasteiger partial charge on any atom is -0.348 e. The van der Waals surface area contributed by atoms with Crippen LogP contribution in [0.2, 0.25) is 0 Å². The maximum Gasteiger partial charge on any atom is 0.271 e. The van der Waals surface area contributed by atoms with Gasteiger partial charge in [-0.2, -0.15) is 5.10 Å². The van der Waals surface area contributed by atoms with Gasteiger partial charge in [0.15, 0.2) is 0 Å². The van der Waals surface area contributed by atoms with E-state index in [0.717, 1.165) is 18.5 Å². The molecule has 2 saturated carbocycles. The van der Waals surface area contributed by atoms with Gasteiger partial charge in [0.2, 0.25) is 0 Å². The molecule has 98 valence electrons. The van der Waals surface area contributed by atoms with Crippen LogP contribution in [-0.2, 0) is 0 Å². The first-order valence-electron chi connectivity index (χ1n) is 7.19. The molecule has 4 nitrogen and oxygen atoms in total. The Labute approximate surface area is 108 Å². The molecule has 0 aliphatic heterocycles. The normalized spacial score (nSPS) is 21.6. The molecule has 1 aromatic rings. The van der Waals surface area contributed by atoms with E-state index in [4.69, 9.17) is 0 Å². The predicted octanol–water partition coefficient (Wildman–Crippen LogP) is 2.74. The van der Waals surface area contributed by atoms with Crippen molar-refractivity contribution in [3.05, 3.63) is 17.5 Å². The number of H-pyrrole nitrogens is 1. The van der Waals surface area contributed by atoms with Gasteiger partial charge < -0.3 is 5.32 Å². The second-order valence-corrected chi connectivity index (χ2v) is 5.64. The molecule has 3 rings (SSSR count). The Morgan fingerprint density at radius 1 is 1.17 bits per heavy atom. The molecule has 2 N–H and O–H groups in total. The van der Waals surface area contributed by atoms with Crippen LogP contribution in [-0.4, -0.2) is 22.1 Å². The third-order valence-corrected chi connectivity index (χ3v) is 4.04. The Hall–Kier alpha value is -1.32. The fraction of sp³-hybridized carbons (Fsp3) is 0.714. The predicted molar refractivity (Wildman–Crippen MR) is 69.5 cm³/mol. The largest absolute Gasteiger partial charge is 0.348 e. The first kappa shape index (κ1) is 11.8. The number of carbonyl (C=O) groups excluding carboxylic acids is 1. The topological polar surface area (TPSA) is 57.8 Å². The number of nitrogens with zero attached hydrogens (tertiary/aromatic N) is 1. The molecule has 2 fully saturated rings. The zero-order valence-electron chi connectivity index (χ0n) is 10.7. The van der Waals surface area contributed by atoms with E-state index in [1.54, 1.807) is 0 Å². The minimum atomic E-state index is -0.00921. The zero-order valence-corrected chi connectivity index (χ0v) is 10.7. The number of rotatable bonds is 3. The Morgan fingerprint density at radius 3 is 2.56 bits per heavy atom. The molecule has 0 aromatic carbocycles. The molecule has 4 heteroatoms. The van der Waals surface area contributed by atoms with Gasteiger partial charge in [-0.3, -0.25) is 9.89 Å². The Bertz CT molecular complexity index is 414. The van der Waals surface area contributed by atoms with E-state index in [2.05, 4.69) is 15.5 Å². The van der Waals surface area contributed by atoms with E-state index in [1.165, 1.54) is 38.5 Å². The minimum absolute atomic E-state index is 0.00921. The quantitative estimate of drug-likeness (QED) is 0.807. The lowest BCUT2D eigenvalue weighted by Crippen LogP contribution is -2.34. The van der Waals surface area contributed by atoms with Gasteiger partial charge in [0, 0.05) is 17.7 Å². The number of hydrogen-bond acceptors (Lipinski definition) is 2. The lowest BCUT2D eigenvalue weighted by atomic mass is 10.1. The maximum atomic E-state index is 12.1. The highest BCUT2D eigenvalue weighted by Crippen LogP contribution is 2.38. The summed E-state index contributed by atoms with van der Waals surface area (Å²) >= 11 is 0. The van der Waals surface area contributed by atoms with Gasteiger partial charge in [-0.15, -0.1) is 0 Å². The summed E-state index contributed by atoms with van der Waals surface area (Å²) in [6.45, 7) is 0. The van der Waals surface area contributed by atoms with Crippen LogP contribution < -0.4 is 5.32 Å². The molecule has 0 atom stereocenters. The molecule has 1 amide bonds. The second kappa shape index (κ2) is 5.12. The molecule has 2 aliphatic rings. The molecule has 0 bridgehead atoms. The van der Waals surface area contributed by atoms with Crippen molar-refractivity contribution in [3.8, 4) is 0 Å². The van der Waals surface area contributed by atoms with Crippen LogP contribution >= 0.6 is 0 Å². The van der Waals surface area contributed by atoms with E-state index < -0.39 is 0 Å². The zero-order chi connectivity index (χ0) is 12.4. The van der Waals surface area contributed by atoms with Crippen LogP contribution in [0.25, 0.3) is 0 Å². The molecular weight excluding hydrogens is 226 g/mol. The third kappa shape index (κ3) is 2.74.